The molecule has 0 bridgehead atoms. The highest BCUT2D eigenvalue weighted by Gasteiger charge is 2.23. The van der Waals surface area contributed by atoms with Gasteiger partial charge in [-0.05, 0) is 6.92 Å². The average Bonchev–Trinajstić information content (AvgIpc) is 1.23. The largest absolute Gasteiger partial charge is 0.390 e. The van der Waals surface area contributed by atoms with Crippen LogP contribution in [0.5, 0.6) is 0 Å². The molecule has 0 saturated carbocycles. The molecule has 2 heteroatoms. The first-order valence-electron chi connectivity index (χ1n) is 2.47. The maximum atomic E-state index is 8.71. The lowest BCUT2D eigenvalue weighted by Gasteiger charge is -2.26. The zero-order chi connectivity index (χ0) is 5.28. The van der Waals surface area contributed by atoms with Crippen molar-refractivity contribution in [2.75, 3.05) is 6.61 Å². The van der Waals surface area contributed by atoms with Crippen molar-refractivity contribution in [2.45, 2.75) is 19.4 Å². The van der Waals surface area contributed by atoms with Gasteiger partial charge in [-0.1, -0.05) is 0 Å². The fourth-order valence-electron chi connectivity index (χ4n) is 0.549. The molecular weight excluding hydrogens is 92.1 g/mol. The SMILES string of the molecule is CC(O)[C]1CCO1. The minimum absolute atomic E-state index is 0.353. The second kappa shape index (κ2) is 1.80. The molecule has 1 N–H and O–H groups in total. The topological polar surface area (TPSA) is 29.5 Å². The number of rotatable bonds is 1. The van der Waals surface area contributed by atoms with Crippen LogP contribution in [0, 0.1) is 6.10 Å². The van der Waals surface area contributed by atoms with E-state index in [9.17, 15) is 0 Å². The first-order valence-corrected chi connectivity index (χ1v) is 2.47. The number of aliphatic hydroxyl groups excluding tert-OH is 1. The summed E-state index contributed by atoms with van der Waals surface area (Å²) in [4.78, 5) is 0. The lowest BCUT2D eigenvalue weighted by atomic mass is 10.1. The second-order valence-electron chi connectivity index (χ2n) is 1.74. The molecule has 0 aliphatic carbocycles. The molecule has 1 radical (unpaired) electrons. The number of ether oxygens (including phenoxy) is 1. The zero-order valence-corrected chi connectivity index (χ0v) is 4.35. The fraction of sp³-hybridized carbons (Fsp3) is 0.800. The first kappa shape index (κ1) is 5.06. The van der Waals surface area contributed by atoms with Crippen LogP contribution in [0.2, 0.25) is 0 Å². The van der Waals surface area contributed by atoms with E-state index in [1.165, 1.54) is 0 Å². The Morgan fingerprint density at radius 2 is 2.43 bits per heavy atom. The van der Waals surface area contributed by atoms with Gasteiger partial charge in [-0.15, -0.1) is 0 Å². The third-order valence-corrected chi connectivity index (χ3v) is 1.10. The molecule has 1 aliphatic rings. The van der Waals surface area contributed by atoms with Crippen LogP contribution < -0.4 is 0 Å². The van der Waals surface area contributed by atoms with E-state index in [0.29, 0.717) is 0 Å². The van der Waals surface area contributed by atoms with Crippen LogP contribution in [0.15, 0.2) is 0 Å². The first-order chi connectivity index (χ1) is 3.30. The van der Waals surface area contributed by atoms with Crippen molar-refractivity contribution < 1.29 is 9.84 Å². The van der Waals surface area contributed by atoms with E-state index >= 15 is 0 Å². The molecule has 1 saturated heterocycles. The minimum Gasteiger partial charge on any atom is -0.390 e. The Labute approximate surface area is 43.1 Å². The van der Waals surface area contributed by atoms with E-state index in [1.54, 1.807) is 6.92 Å². The van der Waals surface area contributed by atoms with Gasteiger partial charge in [-0.3, -0.25) is 0 Å². The summed E-state index contributed by atoms with van der Waals surface area (Å²) >= 11 is 0. The van der Waals surface area contributed by atoms with E-state index in [2.05, 4.69) is 0 Å². The predicted molar refractivity (Wildman–Crippen MR) is 25.5 cm³/mol. The van der Waals surface area contributed by atoms with Crippen molar-refractivity contribution in [1.29, 1.82) is 0 Å². The third-order valence-electron chi connectivity index (χ3n) is 1.10. The molecule has 1 rings (SSSR count). The van der Waals surface area contributed by atoms with E-state index in [4.69, 9.17) is 9.84 Å². The lowest BCUT2D eigenvalue weighted by Crippen LogP contribution is -2.27. The number of aliphatic hydroxyl groups is 1. The van der Waals surface area contributed by atoms with E-state index in [1.807, 2.05) is 0 Å². The van der Waals surface area contributed by atoms with Crippen molar-refractivity contribution in [1.82, 2.24) is 0 Å². The van der Waals surface area contributed by atoms with Crippen LogP contribution >= 0.6 is 0 Å². The number of hydrogen-bond acceptors (Lipinski definition) is 2. The number of hydrogen-bond donors (Lipinski definition) is 1. The minimum atomic E-state index is -0.353. The molecule has 1 unspecified atom stereocenters. The predicted octanol–water partition coefficient (Wildman–Crippen LogP) is 0.319. The van der Waals surface area contributed by atoms with Gasteiger partial charge in [-0.25, -0.2) is 0 Å². The van der Waals surface area contributed by atoms with E-state index in [0.717, 1.165) is 19.1 Å². The Balaban J connectivity index is 2.14. The second-order valence-corrected chi connectivity index (χ2v) is 1.74. The van der Waals surface area contributed by atoms with Gasteiger partial charge in [0.25, 0.3) is 0 Å². The Kier molecular flexibility index (Phi) is 1.30. The molecular formula is C5H9O2. The van der Waals surface area contributed by atoms with Crippen LogP contribution in [0.4, 0.5) is 0 Å². The summed E-state index contributed by atoms with van der Waals surface area (Å²) < 4.78 is 4.86. The standard InChI is InChI=1S/C5H9O2/c1-4(6)5-2-3-7-5/h4,6H,2-3H2,1H3. The molecule has 1 aliphatic heterocycles. The van der Waals surface area contributed by atoms with Gasteiger partial charge in [0.15, 0.2) is 0 Å². The quantitative estimate of drug-likeness (QED) is 0.515. The van der Waals surface area contributed by atoms with Gasteiger partial charge in [-0.2, -0.15) is 0 Å². The summed E-state index contributed by atoms with van der Waals surface area (Å²) in [6.07, 6.45) is 1.42. The Bertz CT molecular complexity index is 57.1. The van der Waals surface area contributed by atoms with Gasteiger partial charge >= 0.3 is 0 Å². The Morgan fingerprint density at radius 3 is 2.43 bits per heavy atom. The zero-order valence-electron chi connectivity index (χ0n) is 4.35. The Morgan fingerprint density at radius 1 is 1.86 bits per heavy atom. The molecule has 0 aromatic rings. The highest BCUT2D eigenvalue weighted by molar-refractivity contribution is 4.90. The van der Waals surface area contributed by atoms with Crippen LogP contribution in [0.1, 0.15) is 13.3 Å². The molecule has 0 spiro atoms. The summed E-state index contributed by atoms with van der Waals surface area (Å²) in [5.74, 6) is 0. The van der Waals surface area contributed by atoms with Crippen LogP contribution in [-0.4, -0.2) is 17.8 Å². The molecule has 0 aromatic heterocycles. The molecule has 1 atom stereocenters. The van der Waals surface area contributed by atoms with Crippen molar-refractivity contribution in [3.05, 3.63) is 6.10 Å². The van der Waals surface area contributed by atoms with E-state index in [-0.39, 0.29) is 6.10 Å². The van der Waals surface area contributed by atoms with Crippen molar-refractivity contribution in [3.8, 4) is 0 Å². The summed E-state index contributed by atoms with van der Waals surface area (Å²) in [6.45, 7) is 2.51. The van der Waals surface area contributed by atoms with Crippen molar-refractivity contribution >= 4 is 0 Å². The average molecular weight is 101 g/mol. The summed E-state index contributed by atoms with van der Waals surface area (Å²) in [7, 11) is 0. The van der Waals surface area contributed by atoms with Gasteiger partial charge < -0.3 is 9.84 Å². The van der Waals surface area contributed by atoms with Gasteiger partial charge in [0.2, 0.25) is 0 Å². The molecule has 1 heterocycles. The van der Waals surface area contributed by atoms with Gasteiger partial charge in [0.1, 0.15) is 6.10 Å². The molecule has 2 nitrogen and oxygen atoms in total. The lowest BCUT2D eigenvalue weighted by molar-refractivity contribution is -0.0254. The maximum absolute atomic E-state index is 8.71. The molecule has 0 aromatic carbocycles. The highest BCUT2D eigenvalue weighted by atomic mass is 16.5. The van der Waals surface area contributed by atoms with Gasteiger partial charge in [0, 0.05) is 6.42 Å². The van der Waals surface area contributed by atoms with Crippen LogP contribution in [-0.2, 0) is 4.74 Å². The smallest absolute Gasteiger partial charge is 0.127 e. The monoisotopic (exact) mass is 101 g/mol. The molecule has 0 amide bonds. The maximum Gasteiger partial charge on any atom is 0.127 e. The Hall–Kier alpha value is -0.0800. The van der Waals surface area contributed by atoms with E-state index < -0.39 is 0 Å². The van der Waals surface area contributed by atoms with Gasteiger partial charge in [0.05, 0.1) is 12.7 Å². The summed E-state index contributed by atoms with van der Waals surface area (Å²) in [6, 6.07) is 0. The molecule has 41 valence electrons. The van der Waals surface area contributed by atoms with Crippen LogP contribution in [0.3, 0.4) is 0 Å². The molecule has 1 fully saturated rings. The highest BCUT2D eigenvalue weighted by Crippen LogP contribution is 2.22. The summed E-state index contributed by atoms with van der Waals surface area (Å²) in [5, 5.41) is 8.71. The van der Waals surface area contributed by atoms with Crippen LogP contribution in [0.25, 0.3) is 0 Å². The normalized spacial score (nSPS) is 26.6. The third kappa shape index (κ3) is 0.924. The fourth-order valence-corrected chi connectivity index (χ4v) is 0.549. The molecule has 7 heavy (non-hydrogen) atoms. The summed E-state index contributed by atoms with van der Waals surface area (Å²) in [5.41, 5.74) is 0. The van der Waals surface area contributed by atoms with Crippen molar-refractivity contribution in [2.24, 2.45) is 0 Å². The van der Waals surface area contributed by atoms with Crippen molar-refractivity contribution in [3.63, 3.8) is 0 Å².